The zero-order chi connectivity index (χ0) is 15.5. The fourth-order valence-corrected chi connectivity index (χ4v) is 2.39. The van der Waals surface area contributed by atoms with E-state index in [1.807, 2.05) is 0 Å². The minimum Gasteiger partial charge on any atom is -0.388 e. The number of thioether (sulfide) groups is 1. The Kier molecular flexibility index (Phi) is 4.74. The van der Waals surface area contributed by atoms with Crippen molar-refractivity contribution in [1.82, 2.24) is 4.98 Å². The Labute approximate surface area is 124 Å². The number of aliphatic hydroxyl groups is 1. The van der Waals surface area contributed by atoms with Gasteiger partial charge in [-0.3, -0.25) is 0 Å². The molecule has 0 amide bonds. The summed E-state index contributed by atoms with van der Waals surface area (Å²) in [6, 6.07) is 9.05. The zero-order valence-corrected chi connectivity index (χ0v) is 11.7. The number of pyridine rings is 1. The van der Waals surface area contributed by atoms with Gasteiger partial charge in [0.15, 0.2) is 0 Å². The molecule has 1 aromatic heterocycles. The summed E-state index contributed by atoms with van der Waals surface area (Å²) in [7, 11) is 0. The Bertz CT molecular complexity index is 602. The van der Waals surface area contributed by atoms with Gasteiger partial charge >= 0.3 is 5.51 Å². The second kappa shape index (κ2) is 6.36. The normalized spacial score (nSPS) is 13.1. The van der Waals surface area contributed by atoms with E-state index in [0.717, 1.165) is 5.56 Å². The first-order valence-corrected chi connectivity index (χ1v) is 6.89. The molecule has 0 bridgehead atoms. The number of benzene rings is 1. The Morgan fingerprint density at radius 1 is 1.19 bits per heavy atom. The molecule has 1 unspecified atom stereocenters. The minimum atomic E-state index is -4.31. The van der Waals surface area contributed by atoms with Crippen LogP contribution in [0, 0.1) is 0 Å². The van der Waals surface area contributed by atoms with Gasteiger partial charge in [-0.15, -0.1) is 0 Å². The molecule has 0 fully saturated rings. The second-order valence-corrected chi connectivity index (χ2v) is 5.56. The van der Waals surface area contributed by atoms with Gasteiger partial charge in [0.2, 0.25) is 0 Å². The molecule has 3 nitrogen and oxygen atoms in total. The number of alkyl halides is 3. The van der Waals surface area contributed by atoms with Crippen molar-refractivity contribution in [3.05, 3.63) is 53.7 Å². The number of nitrogens with zero attached hydrogens (tertiary/aromatic N) is 1. The van der Waals surface area contributed by atoms with Crippen LogP contribution in [0.3, 0.4) is 0 Å². The summed E-state index contributed by atoms with van der Waals surface area (Å²) in [5.74, 6) is 0.358. The first-order valence-electron chi connectivity index (χ1n) is 6.08. The molecule has 2 rings (SSSR count). The molecule has 0 radical (unpaired) electrons. The maximum Gasteiger partial charge on any atom is 0.446 e. The van der Waals surface area contributed by atoms with Crippen molar-refractivity contribution in [3.63, 3.8) is 0 Å². The first-order chi connectivity index (χ1) is 9.83. The van der Waals surface area contributed by atoms with Gasteiger partial charge in [0.25, 0.3) is 0 Å². The SMILES string of the molecule is Nc1cc(CC(O)c2ccc(SC(F)(F)F)cc2)ccn1. The molecular formula is C14H13F3N2OS. The predicted molar refractivity (Wildman–Crippen MR) is 75.7 cm³/mol. The quantitative estimate of drug-likeness (QED) is 0.847. The van der Waals surface area contributed by atoms with Gasteiger partial charge in [-0.25, -0.2) is 4.98 Å². The van der Waals surface area contributed by atoms with Crippen LogP contribution < -0.4 is 5.73 Å². The molecule has 0 aliphatic carbocycles. The molecule has 3 N–H and O–H groups in total. The van der Waals surface area contributed by atoms with Gasteiger partial charge in [-0.2, -0.15) is 13.2 Å². The molecule has 0 saturated heterocycles. The molecule has 0 aliphatic heterocycles. The van der Waals surface area contributed by atoms with Gasteiger partial charge in [0.1, 0.15) is 5.82 Å². The van der Waals surface area contributed by atoms with Crippen LogP contribution in [0.1, 0.15) is 17.2 Å². The van der Waals surface area contributed by atoms with E-state index in [-0.39, 0.29) is 16.7 Å². The molecule has 0 saturated carbocycles. The third kappa shape index (κ3) is 4.95. The summed E-state index contributed by atoms with van der Waals surface area (Å²) in [4.78, 5) is 3.94. The first kappa shape index (κ1) is 15.7. The minimum absolute atomic E-state index is 0.0894. The van der Waals surface area contributed by atoms with E-state index in [1.165, 1.54) is 24.3 Å². The van der Waals surface area contributed by atoms with Crippen LogP contribution in [0.15, 0.2) is 47.5 Å². The number of anilines is 1. The largest absolute Gasteiger partial charge is 0.446 e. The van der Waals surface area contributed by atoms with Crippen molar-refractivity contribution in [2.75, 3.05) is 5.73 Å². The summed E-state index contributed by atoms with van der Waals surface area (Å²) in [5, 5.41) is 10.1. The number of nitrogen functional groups attached to an aromatic ring is 1. The van der Waals surface area contributed by atoms with Crippen LogP contribution in [-0.2, 0) is 6.42 Å². The highest BCUT2D eigenvalue weighted by Gasteiger charge is 2.29. The average molecular weight is 314 g/mol. The lowest BCUT2D eigenvalue weighted by atomic mass is 10.0. The van der Waals surface area contributed by atoms with E-state index in [4.69, 9.17) is 5.73 Å². The number of nitrogens with two attached hydrogens (primary N) is 1. The summed E-state index contributed by atoms with van der Waals surface area (Å²) < 4.78 is 36.7. The Morgan fingerprint density at radius 2 is 1.86 bits per heavy atom. The van der Waals surface area contributed by atoms with Gasteiger partial charge in [-0.1, -0.05) is 12.1 Å². The van der Waals surface area contributed by atoms with E-state index >= 15 is 0 Å². The molecule has 1 aromatic carbocycles. The highest BCUT2D eigenvalue weighted by Crippen LogP contribution is 2.37. The highest BCUT2D eigenvalue weighted by molar-refractivity contribution is 8.00. The number of rotatable bonds is 4. The van der Waals surface area contributed by atoms with Crippen LogP contribution in [0.25, 0.3) is 0 Å². The van der Waals surface area contributed by atoms with Crippen LogP contribution in [0.5, 0.6) is 0 Å². The highest BCUT2D eigenvalue weighted by atomic mass is 32.2. The van der Waals surface area contributed by atoms with Gasteiger partial charge in [0.05, 0.1) is 6.10 Å². The van der Waals surface area contributed by atoms with Gasteiger partial charge in [0, 0.05) is 17.5 Å². The Morgan fingerprint density at radius 3 is 2.43 bits per heavy atom. The lowest BCUT2D eigenvalue weighted by Crippen LogP contribution is -2.03. The molecule has 21 heavy (non-hydrogen) atoms. The van der Waals surface area contributed by atoms with Gasteiger partial charge in [-0.05, 0) is 47.2 Å². The number of hydrogen-bond donors (Lipinski definition) is 2. The summed E-state index contributed by atoms with van der Waals surface area (Å²) in [5.41, 5.74) is 2.60. The standard InChI is InChI=1S/C14H13F3N2OS/c15-14(16,17)21-11-3-1-10(2-4-11)12(20)7-9-5-6-19-13(18)8-9/h1-6,8,12,20H,7H2,(H2,18,19). The van der Waals surface area contributed by atoms with E-state index in [0.29, 0.717) is 17.8 Å². The summed E-state index contributed by atoms with van der Waals surface area (Å²) in [6.45, 7) is 0. The molecule has 0 aliphatic rings. The number of aliphatic hydroxyl groups excluding tert-OH is 1. The van der Waals surface area contributed by atoms with Crippen LogP contribution in [0.2, 0.25) is 0 Å². The fraction of sp³-hybridized carbons (Fsp3) is 0.214. The number of aromatic nitrogens is 1. The molecule has 0 spiro atoms. The third-order valence-corrected chi connectivity index (χ3v) is 3.51. The average Bonchev–Trinajstić information content (AvgIpc) is 2.37. The van der Waals surface area contributed by atoms with Crippen LogP contribution >= 0.6 is 11.8 Å². The smallest absolute Gasteiger partial charge is 0.388 e. The van der Waals surface area contributed by atoms with E-state index in [9.17, 15) is 18.3 Å². The Hall–Kier alpha value is -1.73. The lowest BCUT2D eigenvalue weighted by molar-refractivity contribution is -0.0328. The lowest BCUT2D eigenvalue weighted by Gasteiger charge is -2.12. The molecule has 2 aromatic rings. The topological polar surface area (TPSA) is 59.1 Å². The molecule has 112 valence electrons. The summed E-state index contributed by atoms with van der Waals surface area (Å²) in [6.07, 6.45) is 1.05. The molecule has 1 heterocycles. The third-order valence-electron chi connectivity index (χ3n) is 2.77. The monoisotopic (exact) mass is 314 g/mol. The van der Waals surface area contributed by atoms with Crippen LogP contribution in [-0.4, -0.2) is 15.6 Å². The van der Waals surface area contributed by atoms with Crippen LogP contribution in [0.4, 0.5) is 19.0 Å². The zero-order valence-electron chi connectivity index (χ0n) is 10.8. The number of hydrogen-bond acceptors (Lipinski definition) is 4. The van der Waals surface area contributed by atoms with Crippen molar-refractivity contribution < 1.29 is 18.3 Å². The molecule has 1 atom stereocenters. The molecular weight excluding hydrogens is 301 g/mol. The van der Waals surface area contributed by atoms with Crippen molar-refractivity contribution in [2.24, 2.45) is 0 Å². The summed E-state index contributed by atoms with van der Waals surface area (Å²) >= 11 is -0.179. The van der Waals surface area contributed by atoms with E-state index < -0.39 is 11.6 Å². The van der Waals surface area contributed by atoms with Crippen molar-refractivity contribution in [2.45, 2.75) is 22.9 Å². The maximum absolute atomic E-state index is 12.2. The Balaban J connectivity index is 2.04. The van der Waals surface area contributed by atoms with E-state index in [2.05, 4.69) is 4.98 Å². The number of halogens is 3. The fourth-order valence-electron chi connectivity index (χ4n) is 1.85. The predicted octanol–water partition coefficient (Wildman–Crippen LogP) is 3.55. The van der Waals surface area contributed by atoms with Crippen molar-refractivity contribution in [3.8, 4) is 0 Å². The van der Waals surface area contributed by atoms with Crippen molar-refractivity contribution in [1.29, 1.82) is 0 Å². The van der Waals surface area contributed by atoms with Crippen molar-refractivity contribution >= 4 is 17.6 Å². The van der Waals surface area contributed by atoms with E-state index in [1.54, 1.807) is 18.3 Å². The van der Waals surface area contributed by atoms with Gasteiger partial charge < -0.3 is 10.8 Å². The maximum atomic E-state index is 12.2. The second-order valence-electron chi connectivity index (χ2n) is 4.43. The molecule has 7 heteroatoms.